The van der Waals surface area contributed by atoms with E-state index in [1.165, 1.54) is 11.8 Å². The number of aromatic nitrogens is 1. The number of nitrogens with zero attached hydrogens (tertiary/aromatic N) is 1. The number of H-pyrrole nitrogens is 1. The first-order valence-electron chi connectivity index (χ1n) is 24.3. The number of hydrogen-bond donors (Lipinski definition) is 8. The molecule has 16 nitrogen and oxygen atoms in total. The zero-order chi connectivity index (χ0) is 47.0. The quantitative estimate of drug-likeness (QED) is 0.0739. The molecule has 2 aliphatic carbocycles. The van der Waals surface area contributed by atoms with Gasteiger partial charge in [0.1, 0.15) is 36.3 Å². The summed E-state index contributed by atoms with van der Waals surface area (Å²) in [5, 5.41) is 15.4. The van der Waals surface area contributed by atoms with Gasteiger partial charge in [-0.2, -0.15) is 0 Å². The normalized spacial score (nSPS) is 19.2. The number of fused-ring (bicyclic) bond motifs is 1. The minimum absolute atomic E-state index is 0.107. The standard InChI is InChI=1S/C50H71N9O7/c1-32(60)54-41(28-34-17-7-3-8-18-34)46(62)55-39(23-13-25-51)50(66)59-26-14-24-44(59)49(65)58-42(29-35-19-9-4-10-20-35)47(63)57-43(30-36-31-53-38-22-12-11-21-37(36)38)48(64)56-40(45(52)61)27-33-15-5-2-6-16-33/h3,7-8,11-12,17-18,21-22,31,33,35,39-44,53H,2,4-6,9-10,13-16,19-20,23-30,51H2,1H3,(H2,52,61)(H,54,60)(H,55,62)(H,56,64)(H,57,63)(H,58,65)/t39-,40-,41-,42-,43-,44-/m0/s1. The first-order valence-corrected chi connectivity index (χ1v) is 24.3. The number of carbonyl (C=O) groups is 7. The van der Waals surface area contributed by atoms with Crippen LogP contribution in [0.15, 0.2) is 60.8 Å². The van der Waals surface area contributed by atoms with E-state index in [-0.39, 0.29) is 44.2 Å². The number of likely N-dealkylation sites (tertiary alicyclic amines) is 1. The minimum atomic E-state index is -1.12. The van der Waals surface area contributed by atoms with E-state index in [0.717, 1.165) is 86.2 Å². The molecule has 0 spiro atoms. The SMILES string of the molecule is CC(=O)N[C@@H](Cc1ccccc1)C(=O)N[C@@H](CCCN)C(=O)N1CCC[C@H]1C(=O)N[C@@H](CC1CCCCC1)C(=O)N[C@@H](Cc1c[nH]c2ccccc12)C(=O)N[C@@H](CC1CCCCC1)C(N)=O. The Morgan fingerprint density at radius 3 is 1.86 bits per heavy atom. The number of nitrogens with one attached hydrogen (secondary N) is 6. The molecule has 1 aromatic heterocycles. The van der Waals surface area contributed by atoms with Crippen LogP contribution < -0.4 is 38.1 Å². The van der Waals surface area contributed by atoms with E-state index in [2.05, 4.69) is 31.6 Å². The zero-order valence-electron chi connectivity index (χ0n) is 38.5. The summed E-state index contributed by atoms with van der Waals surface area (Å²) < 4.78 is 0. The van der Waals surface area contributed by atoms with Crippen molar-refractivity contribution in [1.82, 2.24) is 36.5 Å². The Bertz CT molecular complexity index is 2120. The molecule has 0 bridgehead atoms. The van der Waals surface area contributed by atoms with E-state index in [9.17, 15) is 33.6 Å². The van der Waals surface area contributed by atoms with Gasteiger partial charge in [-0.25, -0.2) is 0 Å². The highest BCUT2D eigenvalue weighted by Crippen LogP contribution is 2.30. The summed E-state index contributed by atoms with van der Waals surface area (Å²) in [6, 6.07) is 11.0. The van der Waals surface area contributed by atoms with Crippen LogP contribution in [0.2, 0.25) is 0 Å². The van der Waals surface area contributed by atoms with Crippen molar-refractivity contribution in [3.8, 4) is 0 Å². The second-order valence-corrected chi connectivity index (χ2v) is 18.8. The third kappa shape index (κ3) is 14.1. The van der Waals surface area contributed by atoms with Gasteiger partial charge in [-0.15, -0.1) is 0 Å². The van der Waals surface area contributed by atoms with Gasteiger partial charge < -0.3 is 47.9 Å². The maximum atomic E-state index is 14.7. The monoisotopic (exact) mass is 910 g/mol. The number of nitrogens with two attached hydrogens (primary N) is 2. The van der Waals surface area contributed by atoms with Crippen molar-refractivity contribution in [2.75, 3.05) is 13.1 Å². The van der Waals surface area contributed by atoms with Crippen LogP contribution in [0.4, 0.5) is 0 Å². The summed E-state index contributed by atoms with van der Waals surface area (Å²) in [5.41, 5.74) is 14.2. The van der Waals surface area contributed by atoms with Crippen molar-refractivity contribution >= 4 is 52.3 Å². The lowest BCUT2D eigenvalue weighted by Gasteiger charge is -2.32. The van der Waals surface area contributed by atoms with Crippen LogP contribution in [0.5, 0.6) is 0 Å². The summed E-state index contributed by atoms with van der Waals surface area (Å²) in [4.78, 5) is 101. The molecule has 1 aliphatic heterocycles. The number of benzene rings is 2. The fraction of sp³-hybridized carbons (Fsp3) is 0.580. The number of carbonyl (C=O) groups excluding carboxylic acids is 7. The van der Waals surface area contributed by atoms with Crippen molar-refractivity contribution in [2.24, 2.45) is 23.3 Å². The van der Waals surface area contributed by atoms with Gasteiger partial charge >= 0.3 is 0 Å². The molecule has 2 heterocycles. The first-order chi connectivity index (χ1) is 31.9. The Labute approximate surface area is 388 Å². The molecule has 6 rings (SSSR count). The Kier molecular flexibility index (Phi) is 18.6. The van der Waals surface area contributed by atoms with Gasteiger partial charge in [0.15, 0.2) is 0 Å². The van der Waals surface area contributed by atoms with Gasteiger partial charge in [-0.05, 0) is 74.1 Å². The molecule has 66 heavy (non-hydrogen) atoms. The fourth-order valence-electron chi connectivity index (χ4n) is 10.2. The van der Waals surface area contributed by atoms with Gasteiger partial charge in [0.2, 0.25) is 41.4 Å². The Hall–Kier alpha value is -5.77. The van der Waals surface area contributed by atoms with Gasteiger partial charge in [-0.1, -0.05) is 113 Å². The lowest BCUT2D eigenvalue weighted by Crippen LogP contribution is -2.60. The van der Waals surface area contributed by atoms with Crippen LogP contribution in [0.1, 0.15) is 121 Å². The maximum absolute atomic E-state index is 14.7. The fourth-order valence-corrected chi connectivity index (χ4v) is 10.2. The van der Waals surface area contributed by atoms with Crippen LogP contribution in [-0.2, 0) is 46.4 Å². The molecule has 10 N–H and O–H groups in total. The number of para-hydroxylation sites is 1. The van der Waals surface area contributed by atoms with E-state index >= 15 is 0 Å². The van der Waals surface area contributed by atoms with Crippen LogP contribution >= 0.6 is 0 Å². The third-order valence-corrected chi connectivity index (χ3v) is 13.7. The summed E-state index contributed by atoms with van der Waals surface area (Å²) in [6.45, 7) is 1.86. The molecule has 16 heteroatoms. The Morgan fingerprint density at radius 1 is 0.652 bits per heavy atom. The molecule has 2 aromatic carbocycles. The molecule has 7 amide bonds. The predicted octanol–water partition coefficient (Wildman–Crippen LogP) is 3.55. The molecule has 3 fully saturated rings. The van der Waals surface area contributed by atoms with Gasteiger partial charge in [0.25, 0.3) is 0 Å². The lowest BCUT2D eigenvalue weighted by atomic mass is 9.84. The topological polar surface area (TPSA) is 251 Å². The highest BCUT2D eigenvalue weighted by molar-refractivity contribution is 5.97. The molecule has 358 valence electrons. The molecule has 2 saturated carbocycles. The van der Waals surface area contributed by atoms with Crippen molar-refractivity contribution in [2.45, 2.75) is 159 Å². The highest BCUT2D eigenvalue weighted by Gasteiger charge is 2.40. The third-order valence-electron chi connectivity index (χ3n) is 13.7. The highest BCUT2D eigenvalue weighted by atomic mass is 16.2. The largest absolute Gasteiger partial charge is 0.368 e. The van der Waals surface area contributed by atoms with Crippen LogP contribution in [0.3, 0.4) is 0 Å². The van der Waals surface area contributed by atoms with Crippen molar-refractivity contribution < 1.29 is 33.6 Å². The summed E-state index contributed by atoms with van der Waals surface area (Å²) in [5.74, 6) is -3.19. The van der Waals surface area contributed by atoms with Gasteiger partial charge in [-0.3, -0.25) is 33.6 Å². The molecule has 3 aliphatic rings. The Balaban J connectivity index is 1.20. The van der Waals surface area contributed by atoms with Crippen LogP contribution in [0.25, 0.3) is 10.9 Å². The smallest absolute Gasteiger partial charge is 0.245 e. The molecule has 1 saturated heterocycles. The molecule has 3 aromatic rings. The molecular weight excluding hydrogens is 839 g/mol. The second-order valence-electron chi connectivity index (χ2n) is 18.8. The molecule has 6 atom stereocenters. The predicted molar refractivity (Wildman–Crippen MR) is 252 cm³/mol. The first kappa shape index (κ1) is 49.7. The van der Waals surface area contributed by atoms with Crippen molar-refractivity contribution in [3.63, 3.8) is 0 Å². The van der Waals surface area contributed by atoms with Gasteiger partial charge in [0, 0.05) is 43.4 Å². The average Bonchev–Trinajstić information content (AvgIpc) is 3.98. The van der Waals surface area contributed by atoms with Crippen molar-refractivity contribution in [1.29, 1.82) is 0 Å². The number of rotatable bonds is 22. The minimum Gasteiger partial charge on any atom is -0.368 e. The second kappa shape index (κ2) is 24.7. The summed E-state index contributed by atoms with van der Waals surface area (Å²) in [6.07, 6.45) is 14.4. The van der Waals surface area contributed by atoms with E-state index in [1.807, 2.05) is 60.8 Å². The van der Waals surface area contributed by atoms with Gasteiger partial charge in [0.05, 0.1) is 0 Å². The van der Waals surface area contributed by atoms with E-state index < -0.39 is 77.6 Å². The summed E-state index contributed by atoms with van der Waals surface area (Å²) in [7, 11) is 0. The average molecular weight is 910 g/mol. The zero-order valence-corrected chi connectivity index (χ0v) is 38.5. The summed E-state index contributed by atoms with van der Waals surface area (Å²) >= 11 is 0. The lowest BCUT2D eigenvalue weighted by molar-refractivity contribution is -0.142. The van der Waals surface area contributed by atoms with Crippen LogP contribution in [-0.4, -0.2) is 101 Å². The molecule has 0 unspecified atom stereocenters. The van der Waals surface area contributed by atoms with Crippen molar-refractivity contribution in [3.05, 3.63) is 71.9 Å². The maximum Gasteiger partial charge on any atom is 0.245 e. The number of aromatic amines is 1. The number of hydrogen-bond acceptors (Lipinski definition) is 8. The van der Waals surface area contributed by atoms with Crippen LogP contribution in [0, 0.1) is 11.8 Å². The number of amides is 7. The van der Waals surface area contributed by atoms with E-state index in [1.54, 1.807) is 0 Å². The number of primary amides is 1. The molecule has 0 radical (unpaired) electrons. The van der Waals surface area contributed by atoms with E-state index in [0.29, 0.717) is 32.1 Å². The van der Waals surface area contributed by atoms with E-state index in [4.69, 9.17) is 11.5 Å². The Morgan fingerprint density at radius 2 is 1.23 bits per heavy atom. The molecular formula is C50H71N9O7.